The second-order valence-electron chi connectivity index (χ2n) is 7.46. The Balaban J connectivity index is 1.83. The minimum Gasteiger partial charge on any atom is -0.480 e. The third kappa shape index (κ3) is 5.84. The molecule has 1 atom stereocenters. The molecule has 1 unspecified atom stereocenters. The molecule has 0 aliphatic rings. The molecular formula is C24H25N5O4S. The number of hydrogen-bond acceptors (Lipinski definition) is 6. The lowest BCUT2D eigenvalue weighted by Gasteiger charge is -2.14. The van der Waals surface area contributed by atoms with Gasteiger partial charge in [-0.1, -0.05) is 30.3 Å². The molecule has 9 nitrogen and oxygen atoms in total. The zero-order valence-electron chi connectivity index (χ0n) is 19.2. The molecule has 0 saturated heterocycles. The first-order valence-corrected chi connectivity index (χ1v) is 11.4. The SMILES string of the molecule is COc1ncc(NC(=O)c2cccc(C(=N)NC(C)=O)c2)cc1S(=O)Nc1c(C)cccc1C. The van der Waals surface area contributed by atoms with Crippen LogP contribution in [0.2, 0.25) is 0 Å². The fourth-order valence-electron chi connectivity index (χ4n) is 3.18. The first-order valence-electron chi connectivity index (χ1n) is 10.3. The average molecular weight is 480 g/mol. The van der Waals surface area contributed by atoms with Crippen LogP contribution >= 0.6 is 0 Å². The summed E-state index contributed by atoms with van der Waals surface area (Å²) in [4.78, 5) is 28.5. The maximum Gasteiger partial charge on any atom is 0.255 e. The van der Waals surface area contributed by atoms with Gasteiger partial charge >= 0.3 is 0 Å². The molecule has 10 heteroatoms. The highest BCUT2D eigenvalue weighted by Gasteiger charge is 2.17. The number of pyridine rings is 1. The quantitative estimate of drug-likeness (QED) is 0.304. The molecule has 1 heterocycles. The van der Waals surface area contributed by atoms with Crippen molar-refractivity contribution in [1.29, 1.82) is 5.41 Å². The van der Waals surface area contributed by atoms with Crippen LogP contribution < -0.4 is 20.1 Å². The number of aryl methyl sites for hydroxylation is 2. The maximum absolute atomic E-state index is 13.1. The van der Waals surface area contributed by atoms with Gasteiger partial charge in [-0.05, 0) is 43.2 Å². The molecule has 0 aliphatic carbocycles. The van der Waals surface area contributed by atoms with Crippen molar-refractivity contribution in [1.82, 2.24) is 10.3 Å². The Morgan fingerprint density at radius 2 is 1.68 bits per heavy atom. The van der Waals surface area contributed by atoms with Gasteiger partial charge in [0.05, 0.1) is 24.7 Å². The maximum atomic E-state index is 13.1. The van der Waals surface area contributed by atoms with Crippen LogP contribution in [0.1, 0.15) is 34.0 Å². The van der Waals surface area contributed by atoms with E-state index in [1.807, 2.05) is 32.0 Å². The van der Waals surface area contributed by atoms with Crippen molar-refractivity contribution in [3.63, 3.8) is 0 Å². The van der Waals surface area contributed by atoms with Gasteiger partial charge < -0.3 is 20.1 Å². The van der Waals surface area contributed by atoms with Gasteiger partial charge in [-0.15, -0.1) is 0 Å². The molecule has 0 aliphatic heterocycles. The Labute approximate surface area is 200 Å². The van der Waals surface area contributed by atoms with Crippen LogP contribution in [0.25, 0.3) is 0 Å². The molecular weight excluding hydrogens is 454 g/mol. The number of rotatable bonds is 7. The average Bonchev–Trinajstić information content (AvgIpc) is 2.81. The van der Waals surface area contributed by atoms with Gasteiger partial charge in [0.1, 0.15) is 10.7 Å². The van der Waals surface area contributed by atoms with E-state index >= 15 is 0 Å². The monoisotopic (exact) mass is 479 g/mol. The van der Waals surface area contributed by atoms with Crippen LogP contribution in [0.15, 0.2) is 59.6 Å². The van der Waals surface area contributed by atoms with E-state index in [0.717, 1.165) is 16.8 Å². The van der Waals surface area contributed by atoms with Crippen molar-refractivity contribution >= 4 is 40.0 Å². The van der Waals surface area contributed by atoms with E-state index in [1.54, 1.807) is 18.2 Å². The standard InChI is InChI=1S/C24H25N5O4S/c1-14-7-5-8-15(2)21(14)29-34(32)20-12-19(13-26-24(20)33-4)28-23(31)18-10-6-9-17(11-18)22(25)27-16(3)30/h5-13,29H,1-4H3,(H,28,31)(H2,25,27,30). The number of methoxy groups -OCH3 is 1. The number of carbonyl (C=O) groups excluding carboxylic acids is 2. The summed E-state index contributed by atoms with van der Waals surface area (Å²) in [6.07, 6.45) is 1.40. The highest BCUT2D eigenvalue weighted by Crippen LogP contribution is 2.27. The van der Waals surface area contributed by atoms with Crippen LogP contribution in [0.5, 0.6) is 5.88 Å². The van der Waals surface area contributed by atoms with Crippen LogP contribution in [0, 0.1) is 19.3 Å². The molecule has 4 N–H and O–H groups in total. The number of amides is 2. The Bertz CT molecular complexity index is 1270. The molecule has 34 heavy (non-hydrogen) atoms. The molecule has 3 rings (SSSR count). The fraction of sp³-hybridized carbons (Fsp3) is 0.167. The predicted molar refractivity (Wildman–Crippen MR) is 132 cm³/mol. The smallest absolute Gasteiger partial charge is 0.255 e. The fourth-order valence-corrected chi connectivity index (χ4v) is 4.32. The Kier molecular flexibility index (Phi) is 7.75. The number of nitrogens with zero attached hydrogens (tertiary/aromatic N) is 1. The van der Waals surface area contributed by atoms with Gasteiger partial charge in [0.25, 0.3) is 5.91 Å². The molecule has 0 spiro atoms. The number of para-hydroxylation sites is 1. The molecule has 2 aromatic carbocycles. The van der Waals surface area contributed by atoms with E-state index in [4.69, 9.17) is 10.1 Å². The minimum absolute atomic E-state index is 0.108. The van der Waals surface area contributed by atoms with E-state index in [0.29, 0.717) is 11.3 Å². The van der Waals surface area contributed by atoms with Crippen LogP contribution in [0.3, 0.4) is 0 Å². The topological polar surface area (TPSA) is 133 Å². The summed E-state index contributed by atoms with van der Waals surface area (Å²) in [5, 5.41) is 13.0. The number of nitrogens with one attached hydrogen (secondary N) is 4. The zero-order chi connectivity index (χ0) is 24.8. The number of hydrogen-bond donors (Lipinski definition) is 4. The lowest BCUT2D eigenvalue weighted by Crippen LogP contribution is -2.28. The summed E-state index contributed by atoms with van der Waals surface area (Å²) in [5.41, 5.74) is 3.61. The van der Waals surface area contributed by atoms with E-state index in [-0.39, 0.29) is 28.1 Å². The number of anilines is 2. The molecule has 2 amide bonds. The summed E-state index contributed by atoms with van der Waals surface area (Å²) in [7, 11) is -0.282. The summed E-state index contributed by atoms with van der Waals surface area (Å²) >= 11 is 0. The molecule has 3 aromatic rings. The van der Waals surface area contributed by atoms with E-state index < -0.39 is 16.9 Å². The van der Waals surface area contributed by atoms with Crippen molar-refractivity contribution in [2.24, 2.45) is 0 Å². The first kappa shape index (κ1) is 24.6. The van der Waals surface area contributed by atoms with Crippen molar-refractivity contribution < 1.29 is 18.5 Å². The van der Waals surface area contributed by atoms with Crippen molar-refractivity contribution in [3.8, 4) is 5.88 Å². The molecule has 1 aromatic heterocycles. The summed E-state index contributed by atoms with van der Waals surface area (Å²) < 4.78 is 21.4. The van der Waals surface area contributed by atoms with Crippen molar-refractivity contribution in [3.05, 3.63) is 77.0 Å². The van der Waals surface area contributed by atoms with Crippen molar-refractivity contribution in [2.75, 3.05) is 17.1 Å². The number of benzene rings is 2. The minimum atomic E-state index is -1.71. The second-order valence-corrected chi connectivity index (χ2v) is 8.64. The molecule has 0 radical (unpaired) electrons. The largest absolute Gasteiger partial charge is 0.480 e. The molecule has 0 saturated carbocycles. The lowest BCUT2D eigenvalue weighted by molar-refractivity contribution is -0.117. The second kappa shape index (κ2) is 10.7. The summed E-state index contributed by atoms with van der Waals surface area (Å²) in [6.45, 7) is 5.13. The highest BCUT2D eigenvalue weighted by atomic mass is 32.2. The lowest BCUT2D eigenvalue weighted by atomic mass is 10.1. The highest BCUT2D eigenvalue weighted by molar-refractivity contribution is 7.86. The summed E-state index contributed by atoms with van der Waals surface area (Å²) in [5.74, 6) is -0.771. The Morgan fingerprint density at radius 1 is 1.03 bits per heavy atom. The van der Waals surface area contributed by atoms with Gasteiger partial charge in [-0.25, -0.2) is 9.19 Å². The molecule has 0 bridgehead atoms. The predicted octanol–water partition coefficient (Wildman–Crippen LogP) is 3.56. The number of carbonyl (C=O) groups is 2. The van der Waals surface area contributed by atoms with Crippen LogP contribution in [-0.2, 0) is 15.8 Å². The summed E-state index contributed by atoms with van der Waals surface area (Å²) in [6, 6.07) is 13.6. The normalized spacial score (nSPS) is 11.3. The number of aromatic nitrogens is 1. The van der Waals surface area contributed by atoms with Crippen LogP contribution in [0.4, 0.5) is 11.4 Å². The van der Waals surface area contributed by atoms with Gasteiger partial charge in [-0.2, -0.15) is 0 Å². The van der Waals surface area contributed by atoms with Gasteiger partial charge in [0.15, 0.2) is 11.0 Å². The van der Waals surface area contributed by atoms with E-state index in [2.05, 4.69) is 20.3 Å². The van der Waals surface area contributed by atoms with Gasteiger partial charge in [-0.3, -0.25) is 15.0 Å². The van der Waals surface area contributed by atoms with Gasteiger partial charge in [0, 0.05) is 18.1 Å². The zero-order valence-corrected chi connectivity index (χ0v) is 20.0. The van der Waals surface area contributed by atoms with Crippen LogP contribution in [-0.4, -0.2) is 34.0 Å². The third-order valence-corrected chi connectivity index (χ3v) is 5.94. The molecule has 176 valence electrons. The number of ether oxygens (including phenoxy) is 1. The van der Waals surface area contributed by atoms with E-state index in [9.17, 15) is 13.8 Å². The van der Waals surface area contributed by atoms with Crippen molar-refractivity contribution in [2.45, 2.75) is 25.7 Å². The first-order chi connectivity index (χ1) is 16.2. The Morgan fingerprint density at radius 3 is 2.32 bits per heavy atom. The molecule has 0 fully saturated rings. The van der Waals surface area contributed by atoms with Gasteiger partial charge in [0.2, 0.25) is 11.8 Å². The van der Waals surface area contributed by atoms with E-state index in [1.165, 1.54) is 32.4 Å². The third-order valence-electron chi connectivity index (χ3n) is 4.86. The Hall–Kier alpha value is -4.05. The number of amidine groups is 1.